The van der Waals surface area contributed by atoms with Gasteiger partial charge in [-0.25, -0.2) is 0 Å². The highest BCUT2D eigenvalue weighted by Gasteiger charge is 2.34. The SMILES string of the molecule is CC(C)CCN=[N+]=[N-].CCOC(=O)[C@H](CCc1ccccc1)N[C@H]1CCc2ccccc2N(CC(=O)O)C1=O. The largest absolute Gasteiger partial charge is 0.480 e. The number of amides is 1. The van der Waals surface area contributed by atoms with Crippen LogP contribution in [0.5, 0.6) is 0 Å². The standard InChI is InChI=1S/C24H28N2O5.C5H11N3/c1-2-31-24(30)20(14-12-17-8-4-3-5-9-17)25-19-15-13-18-10-6-7-11-21(18)26(23(19)29)16-22(27)28;1-5(2)3-4-7-8-6/h3-11,19-20,25H,2,12-16H2,1H3,(H,27,28);5H,3-4H2,1-2H3/t19-,20-;/m0./s1. The van der Waals surface area contributed by atoms with Gasteiger partial charge in [-0.2, -0.15) is 0 Å². The second-order valence-electron chi connectivity index (χ2n) is 9.67. The van der Waals surface area contributed by atoms with Gasteiger partial charge in [-0.1, -0.05) is 67.5 Å². The molecule has 0 radical (unpaired) electrons. The van der Waals surface area contributed by atoms with Gasteiger partial charge in [-0.15, -0.1) is 0 Å². The smallest absolute Gasteiger partial charge is 0.323 e. The van der Waals surface area contributed by atoms with Crippen molar-refractivity contribution in [2.45, 2.75) is 65.0 Å². The molecule has 1 aliphatic heterocycles. The Bertz CT molecular complexity index is 1120. The summed E-state index contributed by atoms with van der Waals surface area (Å²) in [6, 6.07) is 15.8. The molecule has 0 saturated heterocycles. The molecule has 0 aliphatic carbocycles. The maximum Gasteiger partial charge on any atom is 0.323 e. The Labute approximate surface area is 230 Å². The van der Waals surface area contributed by atoms with E-state index >= 15 is 0 Å². The number of aryl methyl sites for hydroxylation is 2. The topological polar surface area (TPSA) is 145 Å². The van der Waals surface area contributed by atoms with Crippen molar-refractivity contribution in [2.24, 2.45) is 11.0 Å². The van der Waals surface area contributed by atoms with Gasteiger partial charge in [0.15, 0.2) is 0 Å². The number of rotatable bonds is 12. The molecular formula is C29H39N5O5. The predicted molar refractivity (Wildman–Crippen MR) is 150 cm³/mol. The van der Waals surface area contributed by atoms with Crippen LogP contribution >= 0.6 is 0 Å². The Morgan fingerprint density at radius 1 is 1.15 bits per heavy atom. The van der Waals surface area contributed by atoms with E-state index in [0.29, 0.717) is 43.8 Å². The number of hydrogen-bond acceptors (Lipinski definition) is 6. The van der Waals surface area contributed by atoms with Crippen molar-refractivity contribution in [1.29, 1.82) is 0 Å². The summed E-state index contributed by atoms with van der Waals surface area (Å²) in [6.45, 7) is 6.40. The van der Waals surface area contributed by atoms with Crippen molar-refractivity contribution in [2.75, 3.05) is 24.6 Å². The van der Waals surface area contributed by atoms with E-state index < -0.39 is 30.6 Å². The van der Waals surface area contributed by atoms with E-state index in [-0.39, 0.29) is 12.5 Å². The summed E-state index contributed by atoms with van der Waals surface area (Å²) >= 11 is 0. The predicted octanol–water partition coefficient (Wildman–Crippen LogP) is 4.92. The number of ether oxygens (including phenoxy) is 1. The monoisotopic (exact) mass is 537 g/mol. The van der Waals surface area contributed by atoms with Crippen LogP contribution in [0.1, 0.15) is 51.2 Å². The van der Waals surface area contributed by atoms with E-state index in [1.54, 1.807) is 19.1 Å². The molecule has 39 heavy (non-hydrogen) atoms. The Balaban J connectivity index is 0.000000580. The number of para-hydroxylation sites is 1. The normalized spacial score (nSPS) is 15.2. The van der Waals surface area contributed by atoms with E-state index in [9.17, 15) is 19.5 Å². The minimum absolute atomic E-state index is 0.248. The van der Waals surface area contributed by atoms with Crippen molar-refractivity contribution in [1.82, 2.24) is 5.32 Å². The summed E-state index contributed by atoms with van der Waals surface area (Å²) in [4.78, 5) is 41.2. The number of carboxylic acid groups (broad SMARTS) is 1. The summed E-state index contributed by atoms with van der Waals surface area (Å²) in [6.07, 6.45) is 3.18. The molecule has 2 aromatic carbocycles. The number of azide groups is 1. The quantitative estimate of drug-likeness (QED) is 0.170. The number of carbonyl (C=O) groups is 3. The molecule has 210 valence electrons. The maximum absolute atomic E-state index is 13.3. The molecule has 2 aromatic rings. The molecule has 0 bridgehead atoms. The number of anilines is 1. The van der Waals surface area contributed by atoms with Gasteiger partial charge in [0.2, 0.25) is 5.91 Å². The highest BCUT2D eigenvalue weighted by atomic mass is 16.5. The number of hydrogen-bond donors (Lipinski definition) is 2. The molecule has 0 unspecified atom stereocenters. The zero-order valence-corrected chi connectivity index (χ0v) is 23.0. The van der Waals surface area contributed by atoms with E-state index in [2.05, 4.69) is 29.2 Å². The first-order chi connectivity index (χ1) is 18.8. The Kier molecular flexibility index (Phi) is 13.5. The lowest BCUT2D eigenvalue weighted by Crippen LogP contribution is -2.53. The number of benzene rings is 2. The van der Waals surface area contributed by atoms with Gasteiger partial charge in [0.1, 0.15) is 12.6 Å². The van der Waals surface area contributed by atoms with Crippen molar-refractivity contribution >= 4 is 23.5 Å². The molecule has 0 spiro atoms. The van der Waals surface area contributed by atoms with Gasteiger partial charge in [-0.05, 0) is 67.7 Å². The van der Waals surface area contributed by atoms with Crippen LogP contribution in [0.2, 0.25) is 0 Å². The molecule has 0 fully saturated rings. The molecule has 10 heteroatoms. The average Bonchev–Trinajstić information content (AvgIpc) is 3.04. The maximum atomic E-state index is 13.3. The zero-order valence-electron chi connectivity index (χ0n) is 23.0. The Hall–Kier alpha value is -3.88. The average molecular weight is 538 g/mol. The fourth-order valence-electron chi connectivity index (χ4n) is 4.24. The molecule has 2 N–H and O–H groups in total. The van der Waals surface area contributed by atoms with Gasteiger partial charge in [-0.3, -0.25) is 24.6 Å². The minimum atomic E-state index is -1.09. The molecule has 1 heterocycles. The summed E-state index contributed by atoms with van der Waals surface area (Å²) in [5.74, 6) is -1.20. The number of esters is 1. The summed E-state index contributed by atoms with van der Waals surface area (Å²) in [5, 5.41) is 15.9. The number of fused-ring (bicyclic) bond motifs is 1. The van der Waals surface area contributed by atoms with Crippen LogP contribution in [-0.4, -0.2) is 54.7 Å². The fourth-order valence-corrected chi connectivity index (χ4v) is 4.24. The van der Waals surface area contributed by atoms with Crippen LogP contribution in [-0.2, 0) is 32.0 Å². The van der Waals surface area contributed by atoms with Crippen LogP contribution in [0.15, 0.2) is 59.7 Å². The summed E-state index contributed by atoms with van der Waals surface area (Å²) in [7, 11) is 0. The van der Waals surface area contributed by atoms with Gasteiger partial charge in [0, 0.05) is 17.1 Å². The third-order valence-corrected chi connectivity index (χ3v) is 6.25. The first-order valence-electron chi connectivity index (χ1n) is 13.3. The van der Waals surface area contributed by atoms with Crippen LogP contribution in [0.3, 0.4) is 0 Å². The number of nitrogens with zero attached hydrogens (tertiary/aromatic N) is 4. The Morgan fingerprint density at radius 2 is 1.85 bits per heavy atom. The lowest BCUT2D eigenvalue weighted by Gasteiger charge is -2.27. The van der Waals surface area contributed by atoms with E-state index in [4.69, 9.17) is 10.3 Å². The molecule has 2 atom stereocenters. The number of carbonyl (C=O) groups excluding carboxylic acids is 2. The van der Waals surface area contributed by atoms with Crippen LogP contribution in [0.4, 0.5) is 5.69 Å². The first kappa shape index (κ1) is 31.3. The second-order valence-corrected chi connectivity index (χ2v) is 9.67. The molecule has 1 amide bonds. The summed E-state index contributed by atoms with van der Waals surface area (Å²) < 4.78 is 5.23. The molecule has 10 nitrogen and oxygen atoms in total. The number of aliphatic carboxylic acids is 1. The van der Waals surface area contributed by atoms with Crippen molar-refractivity contribution < 1.29 is 24.2 Å². The van der Waals surface area contributed by atoms with E-state index in [1.165, 1.54) is 4.90 Å². The minimum Gasteiger partial charge on any atom is -0.480 e. The van der Waals surface area contributed by atoms with Gasteiger partial charge in [0.25, 0.3) is 0 Å². The fraction of sp³-hybridized carbons (Fsp3) is 0.483. The second kappa shape index (κ2) is 16.9. The molecule has 0 saturated carbocycles. The highest BCUT2D eigenvalue weighted by Crippen LogP contribution is 2.27. The van der Waals surface area contributed by atoms with Gasteiger partial charge >= 0.3 is 11.9 Å². The van der Waals surface area contributed by atoms with E-state index in [0.717, 1.165) is 17.5 Å². The van der Waals surface area contributed by atoms with Crippen LogP contribution in [0, 0.1) is 5.92 Å². The van der Waals surface area contributed by atoms with Crippen LogP contribution in [0.25, 0.3) is 10.4 Å². The third kappa shape index (κ3) is 10.8. The molecular weight excluding hydrogens is 498 g/mol. The van der Waals surface area contributed by atoms with Gasteiger partial charge < -0.3 is 9.84 Å². The van der Waals surface area contributed by atoms with Crippen molar-refractivity contribution in [3.8, 4) is 0 Å². The van der Waals surface area contributed by atoms with Crippen LogP contribution < -0.4 is 10.2 Å². The molecule has 3 rings (SSSR count). The zero-order chi connectivity index (χ0) is 28.6. The lowest BCUT2D eigenvalue weighted by atomic mass is 10.0. The summed E-state index contributed by atoms with van der Waals surface area (Å²) in [5.41, 5.74) is 10.4. The molecule has 0 aromatic heterocycles. The van der Waals surface area contributed by atoms with Gasteiger partial charge in [0.05, 0.1) is 12.6 Å². The number of carboxylic acids is 1. The number of nitrogens with one attached hydrogen (secondary N) is 1. The van der Waals surface area contributed by atoms with Crippen molar-refractivity contribution in [3.05, 3.63) is 76.2 Å². The first-order valence-corrected chi connectivity index (χ1v) is 13.3. The molecule has 1 aliphatic rings. The Morgan fingerprint density at radius 3 is 2.49 bits per heavy atom. The lowest BCUT2D eigenvalue weighted by molar-refractivity contribution is -0.146. The van der Waals surface area contributed by atoms with E-state index in [1.807, 2.05) is 42.5 Å². The highest BCUT2D eigenvalue weighted by molar-refractivity contribution is 6.02. The van der Waals surface area contributed by atoms with Crippen molar-refractivity contribution in [3.63, 3.8) is 0 Å². The third-order valence-electron chi connectivity index (χ3n) is 6.25.